The Hall–Kier alpha value is -2.15. The standard InChI is InChI=1S/C16H18N4O2S/c1-4-20-15(21)11-7-5-6-8-12(11)17-16(20)23-9-13-18-19-14(22-13)10(2)3/h5-8,10H,4,9H2,1-3H3. The molecule has 0 aliphatic carbocycles. The summed E-state index contributed by atoms with van der Waals surface area (Å²) < 4.78 is 7.27. The van der Waals surface area contributed by atoms with Gasteiger partial charge < -0.3 is 4.42 Å². The van der Waals surface area contributed by atoms with Crippen molar-refractivity contribution in [1.82, 2.24) is 19.7 Å². The molecular formula is C16H18N4O2S. The van der Waals surface area contributed by atoms with E-state index in [1.165, 1.54) is 11.8 Å². The lowest BCUT2D eigenvalue weighted by atomic mass is 10.2. The van der Waals surface area contributed by atoms with E-state index in [1.54, 1.807) is 10.6 Å². The molecule has 23 heavy (non-hydrogen) atoms. The molecule has 0 aliphatic heterocycles. The van der Waals surface area contributed by atoms with Crippen LogP contribution in [0, 0.1) is 0 Å². The topological polar surface area (TPSA) is 73.8 Å². The quantitative estimate of drug-likeness (QED) is 0.528. The Morgan fingerprint density at radius 3 is 2.74 bits per heavy atom. The highest BCUT2D eigenvalue weighted by atomic mass is 32.2. The molecule has 6 nitrogen and oxygen atoms in total. The van der Waals surface area contributed by atoms with E-state index < -0.39 is 0 Å². The van der Waals surface area contributed by atoms with Crippen LogP contribution in [0.4, 0.5) is 0 Å². The van der Waals surface area contributed by atoms with Gasteiger partial charge in [0, 0.05) is 12.5 Å². The maximum Gasteiger partial charge on any atom is 0.262 e. The van der Waals surface area contributed by atoms with Crippen molar-refractivity contribution in [3.63, 3.8) is 0 Å². The highest BCUT2D eigenvalue weighted by molar-refractivity contribution is 7.98. The fraction of sp³-hybridized carbons (Fsp3) is 0.375. The summed E-state index contributed by atoms with van der Waals surface area (Å²) in [6.07, 6.45) is 0. The minimum Gasteiger partial charge on any atom is -0.424 e. The molecule has 0 amide bonds. The Labute approximate surface area is 137 Å². The van der Waals surface area contributed by atoms with Crippen LogP contribution in [0.15, 0.2) is 38.6 Å². The second-order valence-corrected chi connectivity index (χ2v) is 6.38. The van der Waals surface area contributed by atoms with Crippen molar-refractivity contribution >= 4 is 22.7 Å². The van der Waals surface area contributed by atoms with Crippen molar-refractivity contribution in [3.05, 3.63) is 46.4 Å². The third kappa shape index (κ3) is 3.14. The van der Waals surface area contributed by atoms with Crippen LogP contribution in [-0.4, -0.2) is 19.7 Å². The molecule has 120 valence electrons. The highest BCUT2D eigenvalue weighted by Crippen LogP contribution is 2.22. The summed E-state index contributed by atoms with van der Waals surface area (Å²) in [5, 5.41) is 9.36. The number of benzene rings is 1. The van der Waals surface area contributed by atoms with E-state index >= 15 is 0 Å². The molecule has 1 aromatic carbocycles. The maximum absolute atomic E-state index is 12.5. The SMILES string of the molecule is CCn1c(SCc2nnc(C(C)C)o2)nc2ccccc2c1=O. The van der Waals surface area contributed by atoms with Crippen LogP contribution >= 0.6 is 11.8 Å². The van der Waals surface area contributed by atoms with Gasteiger partial charge in [0.25, 0.3) is 5.56 Å². The normalized spacial score (nSPS) is 11.5. The Morgan fingerprint density at radius 1 is 1.26 bits per heavy atom. The van der Waals surface area contributed by atoms with Crippen molar-refractivity contribution in [2.24, 2.45) is 0 Å². The van der Waals surface area contributed by atoms with Gasteiger partial charge in [-0.1, -0.05) is 37.7 Å². The van der Waals surface area contributed by atoms with Crippen molar-refractivity contribution in [2.75, 3.05) is 0 Å². The van der Waals surface area contributed by atoms with Crippen molar-refractivity contribution in [2.45, 2.75) is 44.1 Å². The van der Waals surface area contributed by atoms with Gasteiger partial charge in [-0.05, 0) is 19.1 Å². The number of aromatic nitrogens is 4. The summed E-state index contributed by atoms with van der Waals surface area (Å²) in [7, 11) is 0. The molecule has 3 rings (SSSR count). The van der Waals surface area contributed by atoms with E-state index in [0.717, 1.165) is 0 Å². The largest absolute Gasteiger partial charge is 0.424 e. The van der Waals surface area contributed by atoms with Gasteiger partial charge in [-0.3, -0.25) is 9.36 Å². The molecule has 2 aromatic heterocycles. The summed E-state index contributed by atoms with van der Waals surface area (Å²) in [6, 6.07) is 7.39. The Morgan fingerprint density at radius 2 is 2.04 bits per heavy atom. The van der Waals surface area contributed by atoms with Crippen LogP contribution in [0.3, 0.4) is 0 Å². The van der Waals surface area contributed by atoms with E-state index in [1.807, 2.05) is 39.0 Å². The average molecular weight is 330 g/mol. The molecule has 0 atom stereocenters. The van der Waals surface area contributed by atoms with Gasteiger partial charge >= 0.3 is 0 Å². The van der Waals surface area contributed by atoms with Gasteiger partial charge in [0.15, 0.2) is 5.16 Å². The van der Waals surface area contributed by atoms with Crippen LogP contribution < -0.4 is 5.56 Å². The molecule has 7 heteroatoms. The predicted octanol–water partition coefficient (Wildman–Crippen LogP) is 3.22. The minimum atomic E-state index is -0.0194. The van der Waals surface area contributed by atoms with Crippen LogP contribution in [-0.2, 0) is 12.3 Å². The maximum atomic E-state index is 12.5. The first kappa shape index (κ1) is 15.7. The number of rotatable bonds is 5. The predicted molar refractivity (Wildman–Crippen MR) is 89.6 cm³/mol. The van der Waals surface area contributed by atoms with E-state index in [4.69, 9.17) is 4.42 Å². The first-order valence-corrected chi connectivity index (χ1v) is 8.53. The number of thioether (sulfide) groups is 1. The Bertz CT molecular complexity index is 885. The zero-order chi connectivity index (χ0) is 16.4. The summed E-state index contributed by atoms with van der Waals surface area (Å²) in [6.45, 7) is 6.51. The van der Waals surface area contributed by atoms with Gasteiger partial charge in [0.2, 0.25) is 11.8 Å². The molecule has 0 bridgehead atoms. The number of fused-ring (bicyclic) bond motifs is 1. The van der Waals surface area contributed by atoms with E-state index in [0.29, 0.717) is 40.1 Å². The molecule has 0 unspecified atom stereocenters. The van der Waals surface area contributed by atoms with Gasteiger partial charge in [0.1, 0.15) is 0 Å². The zero-order valence-electron chi connectivity index (χ0n) is 13.3. The molecule has 0 radical (unpaired) electrons. The number of hydrogen-bond acceptors (Lipinski definition) is 6. The molecule has 0 spiro atoms. The summed E-state index contributed by atoms with van der Waals surface area (Å²) in [5.74, 6) is 1.86. The Balaban J connectivity index is 1.91. The van der Waals surface area contributed by atoms with E-state index in [9.17, 15) is 4.79 Å². The number of hydrogen-bond donors (Lipinski definition) is 0. The molecule has 0 fully saturated rings. The van der Waals surface area contributed by atoms with Gasteiger partial charge in [-0.15, -0.1) is 10.2 Å². The van der Waals surface area contributed by atoms with Crippen LogP contribution in [0.5, 0.6) is 0 Å². The van der Waals surface area contributed by atoms with Crippen molar-refractivity contribution < 1.29 is 4.42 Å². The average Bonchev–Trinajstić information content (AvgIpc) is 3.02. The monoisotopic (exact) mass is 330 g/mol. The molecule has 3 aromatic rings. The lowest BCUT2D eigenvalue weighted by Crippen LogP contribution is -2.22. The summed E-state index contributed by atoms with van der Waals surface area (Å²) in [5.41, 5.74) is 0.687. The van der Waals surface area contributed by atoms with E-state index in [2.05, 4.69) is 15.2 Å². The minimum absolute atomic E-state index is 0.0194. The molecule has 2 heterocycles. The number of para-hydroxylation sites is 1. The molecule has 0 N–H and O–H groups in total. The van der Waals surface area contributed by atoms with Gasteiger partial charge in [-0.2, -0.15) is 0 Å². The van der Waals surface area contributed by atoms with Crippen molar-refractivity contribution in [3.8, 4) is 0 Å². The zero-order valence-corrected chi connectivity index (χ0v) is 14.1. The smallest absolute Gasteiger partial charge is 0.262 e. The van der Waals surface area contributed by atoms with Crippen molar-refractivity contribution in [1.29, 1.82) is 0 Å². The fourth-order valence-corrected chi connectivity index (χ4v) is 3.12. The fourth-order valence-electron chi connectivity index (χ4n) is 2.22. The third-order valence-electron chi connectivity index (χ3n) is 3.44. The molecule has 0 saturated carbocycles. The second-order valence-electron chi connectivity index (χ2n) is 5.44. The highest BCUT2D eigenvalue weighted by Gasteiger charge is 2.13. The van der Waals surface area contributed by atoms with Crippen LogP contribution in [0.1, 0.15) is 38.5 Å². The summed E-state index contributed by atoms with van der Waals surface area (Å²) >= 11 is 1.43. The second kappa shape index (κ2) is 6.54. The number of nitrogens with zero attached hydrogens (tertiary/aromatic N) is 4. The van der Waals surface area contributed by atoms with Crippen LogP contribution in [0.25, 0.3) is 10.9 Å². The Kier molecular flexibility index (Phi) is 4.47. The molecule has 0 saturated heterocycles. The van der Waals surface area contributed by atoms with Gasteiger partial charge in [-0.25, -0.2) is 4.98 Å². The summed E-state index contributed by atoms with van der Waals surface area (Å²) in [4.78, 5) is 17.1. The third-order valence-corrected chi connectivity index (χ3v) is 4.41. The molecule has 0 aliphatic rings. The lowest BCUT2D eigenvalue weighted by Gasteiger charge is -2.10. The lowest BCUT2D eigenvalue weighted by molar-refractivity contribution is 0.445. The first-order chi connectivity index (χ1) is 11.1. The van der Waals surface area contributed by atoms with Crippen LogP contribution in [0.2, 0.25) is 0 Å². The van der Waals surface area contributed by atoms with E-state index in [-0.39, 0.29) is 11.5 Å². The first-order valence-electron chi connectivity index (χ1n) is 7.54. The molecular weight excluding hydrogens is 312 g/mol. The van der Waals surface area contributed by atoms with Gasteiger partial charge in [0.05, 0.1) is 16.7 Å².